The van der Waals surface area contributed by atoms with E-state index in [9.17, 15) is 5.11 Å². The highest BCUT2D eigenvalue weighted by atomic mass is 16.3. The molecule has 0 fully saturated rings. The summed E-state index contributed by atoms with van der Waals surface area (Å²) in [4.78, 5) is 0. The molecule has 0 aromatic carbocycles. The maximum absolute atomic E-state index is 9.21. The Labute approximate surface area is 63.8 Å². The molecule has 0 rings (SSSR count). The topological polar surface area (TPSA) is 20.2 Å². The first-order chi connectivity index (χ1) is 4.66. The molecule has 0 heterocycles. The molecule has 0 aliphatic carbocycles. The number of aliphatic hydroxyl groups excluding tert-OH is 1. The number of aliphatic hydroxyl groups is 1. The minimum Gasteiger partial charge on any atom is -0.389 e. The second kappa shape index (κ2) is 5.48. The van der Waals surface area contributed by atoms with Gasteiger partial charge in [-0.3, -0.25) is 0 Å². The molecule has 1 nitrogen and oxygen atoms in total. The van der Waals surface area contributed by atoms with E-state index in [-0.39, 0.29) is 6.10 Å². The first-order valence-corrected chi connectivity index (χ1v) is 3.97. The van der Waals surface area contributed by atoms with Crippen LogP contribution in [0.5, 0.6) is 0 Å². The van der Waals surface area contributed by atoms with Crippen LogP contribution in [0.3, 0.4) is 0 Å². The Morgan fingerprint density at radius 1 is 1.30 bits per heavy atom. The van der Waals surface area contributed by atoms with Crippen LogP contribution >= 0.6 is 0 Å². The zero-order chi connectivity index (χ0) is 7.98. The summed E-state index contributed by atoms with van der Waals surface area (Å²) < 4.78 is 0. The zero-order valence-corrected chi connectivity index (χ0v) is 7.17. The molecule has 0 aromatic heterocycles. The van der Waals surface area contributed by atoms with Gasteiger partial charge in [0.2, 0.25) is 0 Å². The van der Waals surface area contributed by atoms with E-state index in [0.29, 0.717) is 5.92 Å². The van der Waals surface area contributed by atoms with Crippen molar-refractivity contribution >= 4 is 0 Å². The fraction of sp³-hybridized carbons (Fsp3) is 0.778. The summed E-state index contributed by atoms with van der Waals surface area (Å²) in [5, 5.41) is 9.21. The number of rotatable bonds is 4. The minimum absolute atomic E-state index is 0.229. The predicted molar refractivity (Wildman–Crippen MR) is 44.9 cm³/mol. The molecular formula is C9H18O. The van der Waals surface area contributed by atoms with Crippen LogP contribution in [-0.4, -0.2) is 11.2 Å². The third-order valence-corrected chi connectivity index (χ3v) is 1.45. The second-order valence-electron chi connectivity index (χ2n) is 3.06. The molecule has 0 bridgehead atoms. The lowest BCUT2D eigenvalue weighted by Gasteiger charge is -2.06. The van der Waals surface area contributed by atoms with E-state index in [0.717, 1.165) is 12.8 Å². The standard InChI is InChI=1S/C9H18O/c1-4-5-9(10)7-6-8(2)3/h4-5,8-10H,6-7H2,1-3H3/b5-4-. The molecule has 0 saturated carbocycles. The Morgan fingerprint density at radius 2 is 1.90 bits per heavy atom. The van der Waals surface area contributed by atoms with Crippen molar-refractivity contribution in [1.29, 1.82) is 0 Å². The summed E-state index contributed by atoms with van der Waals surface area (Å²) in [5.74, 6) is 0.694. The smallest absolute Gasteiger partial charge is 0.0720 e. The van der Waals surface area contributed by atoms with E-state index >= 15 is 0 Å². The van der Waals surface area contributed by atoms with Crippen molar-refractivity contribution in [3.05, 3.63) is 12.2 Å². The molecule has 10 heavy (non-hydrogen) atoms. The van der Waals surface area contributed by atoms with Gasteiger partial charge in [-0.2, -0.15) is 0 Å². The third-order valence-electron chi connectivity index (χ3n) is 1.45. The molecule has 1 heteroatoms. The molecule has 0 aromatic rings. The Bertz CT molecular complexity index is 94.9. The first kappa shape index (κ1) is 9.70. The quantitative estimate of drug-likeness (QED) is 0.597. The maximum Gasteiger partial charge on any atom is 0.0720 e. The van der Waals surface area contributed by atoms with Crippen molar-refractivity contribution in [3.63, 3.8) is 0 Å². The molecule has 1 atom stereocenters. The van der Waals surface area contributed by atoms with Crippen LogP contribution in [0, 0.1) is 5.92 Å². The van der Waals surface area contributed by atoms with Gasteiger partial charge in [-0.1, -0.05) is 26.0 Å². The van der Waals surface area contributed by atoms with Gasteiger partial charge in [0.25, 0.3) is 0 Å². The third kappa shape index (κ3) is 5.83. The lowest BCUT2D eigenvalue weighted by atomic mass is 10.1. The van der Waals surface area contributed by atoms with Crippen LogP contribution in [0.4, 0.5) is 0 Å². The highest BCUT2D eigenvalue weighted by Crippen LogP contribution is 2.06. The number of hydrogen-bond donors (Lipinski definition) is 1. The summed E-state index contributed by atoms with van der Waals surface area (Å²) in [5.41, 5.74) is 0. The fourth-order valence-corrected chi connectivity index (χ4v) is 0.822. The van der Waals surface area contributed by atoms with Gasteiger partial charge < -0.3 is 5.11 Å². The highest BCUT2D eigenvalue weighted by Gasteiger charge is 1.99. The van der Waals surface area contributed by atoms with Crippen LogP contribution in [-0.2, 0) is 0 Å². The molecule has 0 aliphatic heterocycles. The van der Waals surface area contributed by atoms with Gasteiger partial charge in [0.1, 0.15) is 0 Å². The molecule has 0 amide bonds. The van der Waals surface area contributed by atoms with Gasteiger partial charge in [0.15, 0.2) is 0 Å². The van der Waals surface area contributed by atoms with Gasteiger partial charge in [-0.25, -0.2) is 0 Å². The Morgan fingerprint density at radius 3 is 2.30 bits per heavy atom. The molecule has 0 aliphatic rings. The average Bonchev–Trinajstić information content (AvgIpc) is 1.85. The molecule has 60 valence electrons. The fourth-order valence-electron chi connectivity index (χ4n) is 0.822. The van der Waals surface area contributed by atoms with Crippen molar-refractivity contribution in [1.82, 2.24) is 0 Å². The average molecular weight is 142 g/mol. The summed E-state index contributed by atoms with van der Waals surface area (Å²) >= 11 is 0. The van der Waals surface area contributed by atoms with Crippen molar-refractivity contribution in [2.45, 2.75) is 39.7 Å². The molecular weight excluding hydrogens is 124 g/mol. The monoisotopic (exact) mass is 142 g/mol. The van der Waals surface area contributed by atoms with E-state index < -0.39 is 0 Å². The maximum atomic E-state index is 9.21. The molecule has 1 N–H and O–H groups in total. The Balaban J connectivity index is 3.30. The van der Waals surface area contributed by atoms with E-state index in [4.69, 9.17) is 0 Å². The van der Waals surface area contributed by atoms with E-state index in [1.165, 1.54) is 0 Å². The SMILES string of the molecule is C/C=C\C(O)CCC(C)C. The first-order valence-electron chi connectivity index (χ1n) is 3.97. The van der Waals surface area contributed by atoms with Gasteiger partial charge in [0, 0.05) is 0 Å². The summed E-state index contributed by atoms with van der Waals surface area (Å²) in [6.07, 6.45) is 5.49. The molecule has 0 spiro atoms. The molecule has 1 unspecified atom stereocenters. The molecule has 0 radical (unpaired) electrons. The van der Waals surface area contributed by atoms with E-state index in [1.807, 2.05) is 19.1 Å². The van der Waals surface area contributed by atoms with E-state index in [1.54, 1.807) is 0 Å². The van der Waals surface area contributed by atoms with Crippen LogP contribution in [0.25, 0.3) is 0 Å². The van der Waals surface area contributed by atoms with Crippen molar-refractivity contribution in [2.24, 2.45) is 5.92 Å². The van der Waals surface area contributed by atoms with Crippen LogP contribution in [0.1, 0.15) is 33.6 Å². The predicted octanol–water partition coefficient (Wildman–Crippen LogP) is 2.36. The van der Waals surface area contributed by atoms with Crippen LogP contribution in [0.15, 0.2) is 12.2 Å². The number of hydrogen-bond acceptors (Lipinski definition) is 1. The Kier molecular flexibility index (Phi) is 5.32. The molecule has 0 saturated heterocycles. The van der Waals surface area contributed by atoms with Gasteiger partial charge in [-0.15, -0.1) is 0 Å². The summed E-state index contributed by atoms with van der Waals surface area (Å²) in [6.45, 7) is 6.27. The van der Waals surface area contributed by atoms with Crippen LogP contribution < -0.4 is 0 Å². The highest BCUT2D eigenvalue weighted by molar-refractivity contribution is 4.85. The zero-order valence-electron chi connectivity index (χ0n) is 7.17. The van der Waals surface area contributed by atoms with Gasteiger partial charge >= 0.3 is 0 Å². The minimum atomic E-state index is -0.229. The lowest BCUT2D eigenvalue weighted by molar-refractivity contribution is 0.203. The normalized spacial score (nSPS) is 14.9. The number of allylic oxidation sites excluding steroid dienone is 1. The Hall–Kier alpha value is -0.300. The lowest BCUT2D eigenvalue weighted by Crippen LogP contribution is -2.03. The second-order valence-corrected chi connectivity index (χ2v) is 3.06. The van der Waals surface area contributed by atoms with Crippen molar-refractivity contribution in [3.8, 4) is 0 Å². The van der Waals surface area contributed by atoms with Gasteiger partial charge in [0.05, 0.1) is 6.10 Å². The largest absolute Gasteiger partial charge is 0.389 e. The summed E-state index contributed by atoms with van der Waals surface area (Å²) in [7, 11) is 0. The summed E-state index contributed by atoms with van der Waals surface area (Å²) in [6, 6.07) is 0. The van der Waals surface area contributed by atoms with Crippen molar-refractivity contribution < 1.29 is 5.11 Å². The van der Waals surface area contributed by atoms with Gasteiger partial charge in [-0.05, 0) is 25.7 Å². The van der Waals surface area contributed by atoms with Crippen molar-refractivity contribution in [2.75, 3.05) is 0 Å². The van der Waals surface area contributed by atoms with Crippen LogP contribution in [0.2, 0.25) is 0 Å². The van der Waals surface area contributed by atoms with E-state index in [2.05, 4.69) is 13.8 Å².